The number of ether oxygens (including phenoxy) is 3. The first kappa shape index (κ1) is 22.1. The molecule has 0 spiro atoms. The first-order valence-electron chi connectivity index (χ1n) is 12.2. The summed E-state index contributed by atoms with van der Waals surface area (Å²) in [6, 6.07) is 11.1. The van der Waals surface area contributed by atoms with E-state index in [-0.39, 0.29) is 18.2 Å². The Bertz CT molecular complexity index is 987. The second-order valence-electron chi connectivity index (χ2n) is 9.36. The molecule has 2 unspecified atom stereocenters. The number of rotatable bonds is 7. The summed E-state index contributed by atoms with van der Waals surface area (Å²) in [6.07, 6.45) is 10.5. The normalized spacial score (nSPS) is 27.2. The van der Waals surface area contributed by atoms with E-state index in [1.54, 1.807) is 0 Å². The van der Waals surface area contributed by atoms with Gasteiger partial charge in [0.25, 0.3) is 0 Å². The van der Waals surface area contributed by atoms with Crippen molar-refractivity contribution >= 4 is 5.69 Å². The summed E-state index contributed by atoms with van der Waals surface area (Å²) in [4.78, 5) is 2.48. The average Bonchev–Trinajstić information content (AvgIpc) is 3.53. The lowest BCUT2D eigenvalue weighted by molar-refractivity contribution is -0.0492. The molecule has 3 atom stereocenters. The zero-order valence-corrected chi connectivity index (χ0v) is 19.3. The molecule has 3 heterocycles. The van der Waals surface area contributed by atoms with E-state index in [4.69, 9.17) is 14.2 Å². The van der Waals surface area contributed by atoms with E-state index in [1.165, 1.54) is 23.3 Å². The molecule has 6 heteroatoms. The number of nitrogens with zero attached hydrogens (tertiary/aromatic N) is 2. The van der Waals surface area contributed by atoms with Gasteiger partial charge in [0.05, 0.1) is 37.5 Å². The fourth-order valence-electron chi connectivity index (χ4n) is 5.54. The van der Waals surface area contributed by atoms with Crippen molar-refractivity contribution in [1.82, 2.24) is 5.32 Å². The minimum absolute atomic E-state index is 0.0636. The Kier molecular flexibility index (Phi) is 6.70. The minimum Gasteiger partial charge on any atom is -0.494 e. The molecule has 0 radical (unpaired) electrons. The average molecular weight is 448 g/mol. The quantitative estimate of drug-likeness (QED) is 0.628. The molecule has 0 aromatic heterocycles. The van der Waals surface area contributed by atoms with Crippen LogP contribution in [0.25, 0.3) is 0 Å². The smallest absolute Gasteiger partial charge is 0.157 e. The zero-order chi connectivity index (χ0) is 22.6. The molecule has 2 fully saturated rings. The van der Waals surface area contributed by atoms with Gasteiger partial charge < -0.3 is 24.4 Å². The number of benzene rings is 1. The lowest BCUT2D eigenvalue weighted by Gasteiger charge is -2.39. The zero-order valence-electron chi connectivity index (χ0n) is 19.3. The van der Waals surface area contributed by atoms with Gasteiger partial charge in [-0.05, 0) is 49.8 Å². The van der Waals surface area contributed by atoms with Crippen LogP contribution >= 0.6 is 0 Å². The summed E-state index contributed by atoms with van der Waals surface area (Å²) in [5.74, 6) is 1.58. The van der Waals surface area contributed by atoms with E-state index in [0.29, 0.717) is 25.7 Å². The molecule has 0 saturated carbocycles. The van der Waals surface area contributed by atoms with Gasteiger partial charge in [0.1, 0.15) is 5.75 Å². The maximum Gasteiger partial charge on any atom is 0.157 e. The maximum absolute atomic E-state index is 9.53. The molecule has 6 nitrogen and oxygen atoms in total. The van der Waals surface area contributed by atoms with Crippen LogP contribution in [-0.2, 0) is 9.47 Å². The van der Waals surface area contributed by atoms with Crippen LogP contribution in [0.3, 0.4) is 0 Å². The molecule has 0 bridgehead atoms. The van der Waals surface area contributed by atoms with Gasteiger partial charge >= 0.3 is 0 Å². The molecule has 5 rings (SSSR count). The van der Waals surface area contributed by atoms with E-state index in [2.05, 4.69) is 53.6 Å². The predicted molar refractivity (Wildman–Crippen MR) is 128 cm³/mol. The highest BCUT2D eigenvalue weighted by atomic mass is 16.7. The number of hydrogen-bond donors (Lipinski definition) is 1. The maximum atomic E-state index is 9.53. The van der Waals surface area contributed by atoms with Crippen molar-refractivity contribution in [2.24, 2.45) is 11.8 Å². The molecule has 1 aliphatic carbocycles. The summed E-state index contributed by atoms with van der Waals surface area (Å²) in [6.45, 7) is 6.24. The van der Waals surface area contributed by atoms with E-state index < -0.39 is 0 Å². The fourth-order valence-corrected chi connectivity index (χ4v) is 5.54. The van der Waals surface area contributed by atoms with E-state index >= 15 is 0 Å². The van der Waals surface area contributed by atoms with Crippen molar-refractivity contribution in [2.75, 3.05) is 37.8 Å². The third-order valence-corrected chi connectivity index (χ3v) is 7.22. The Morgan fingerprint density at radius 3 is 2.97 bits per heavy atom. The summed E-state index contributed by atoms with van der Waals surface area (Å²) >= 11 is 0. The lowest BCUT2D eigenvalue weighted by atomic mass is 9.75. The number of nitrogens with one attached hydrogen (secondary N) is 1. The van der Waals surface area contributed by atoms with Crippen molar-refractivity contribution in [1.29, 1.82) is 5.26 Å². The standard InChI is InChI=1S/C27H33N3O3/c1-19-9-10-24(27-26(19)21(16-28)17-29-27)20-5-3-11-30(18-20)22-6-2-7-23(15-22)31-12-4-8-25-32-13-14-33-25/h2,6-7,9-10,15,17,20,25-27,29H,3-5,8,11-14,18H2,1H3/t20-,26?,27?/m0/s1. The summed E-state index contributed by atoms with van der Waals surface area (Å²) in [7, 11) is 0. The van der Waals surface area contributed by atoms with Crippen LogP contribution < -0.4 is 15.0 Å². The first-order chi connectivity index (χ1) is 16.2. The van der Waals surface area contributed by atoms with Crippen LogP contribution in [0.15, 0.2) is 59.3 Å². The summed E-state index contributed by atoms with van der Waals surface area (Å²) in [5, 5.41) is 13.0. The molecule has 174 valence electrons. The summed E-state index contributed by atoms with van der Waals surface area (Å²) < 4.78 is 17.0. The van der Waals surface area contributed by atoms with Crippen molar-refractivity contribution in [3.8, 4) is 11.8 Å². The van der Waals surface area contributed by atoms with Crippen molar-refractivity contribution in [3.05, 3.63) is 59.3 Å². The van der Waals surface area contributed by atoms with Gasteiger partial charge in [-0.15, -0.1) is 0 Å². The molecule has 4 aliphatic rings. The van der Waals surface area contributed by atoms with Crippen molar-refractivity contribution in [3.63, 3.8) is 0 Å². The number of hydrogen-bond acceptors (Lipinski definition) is 6. The van der Waals surface area contributed by atoms with Gasteiger partial charge in [-0.3, -0.25) is 0 Å². The largest absolute Gasteiger partial charge is 0.494 e. The number of fused-ring (bicyclic) bond motifs is 1. The number of piperidine rings is 1. The molecule has 1 aromatic carbocycles. The Morgan fingerprint density at radius 1 is 1.24 bits per heavy atom. The van der Waals surface area contributed by atoms with Gasteiger partial charge in [-0.1, -0.05) is 23.8 Å². The highest BCUT2D eigenvalue weighted by Gasteiger charge is 2.38. The second-order valence-corrected chi connectivity index (χ2v) is 9.36. The van der Waals surface area contributed by atoms with Crippen LogP contribution in [0.4, 0.5) is 5.69 Å². The number of nitriles is 1. The van der Waals surface area contributed by atoms with E-state index in [0.717, 1.165) is 43.7 Å². The second kappa shape index (κ2) is 10.0. The van der Waals surface area contributed by atoms with Gasteiger partial charge in [0, 0.05) is 43.4 Å². The van der Waals surface area contributed by atoms with Crippen molar-refractivity contribution in [2.45, 2.75) is 44.9 Å². The Balaban J connectivity index is 1.20. The van der Waals surface area contributed by atoms with Crippen molar-refractivity contribution < 1.29 is 14.2 Å². The van der Waals surface area contributed by atoms with Crippen LogP contribution in [-0.4, -0.2) is 45.2 Å². The minimum atomic E-state index is -0.0636. The third kappa shape index (κ3) is 4.80. The Hall–Kier alpha value is -2.75. The lowest BCUT2D eigenvalue weighted by Crippen LogP contribution is -2.42. The fraction of sp³-hybridized carbons (Fsp3) is 0.519. The topological polar surface area (TPSA) is 66.8 Å². The SMILES string of the molecule is CC1=CC=C([C@H]2CCCN(c3cccc(OCCCC4OCCO4)c3)C2)C2NC=C(C#N)C12. The monoisotopic (exact) mass is 447 g/mol. The first-order valence-corrected chi connectivity index (χ1v) is 12.2. The molecule has 0 amide bonds. The molecule has 2 saturated heterocycles. The van der Waals surface area contributed by atoms with Gasteiger partial charge in [-0.2, -0.15) is 5.26 Å². The van der Waals surface area contributed by atoms with Crippen LogP contribution in [0.2, 0.25) is 0 Å². The Morgan fingerprint density at radius 2 is 2.12 bits per heavy atom. The van der Waals surface area contributed by atoms with Crippen LogP contribution in [0.5, 0.6) is 5.75 Å². The highest BCUT2D eigenvalue weighted by Crippen LogP contribution is 2.40. The van der Waals surface area contributed by atoms with E-state index in [9.17, 15) is 5.26 Å². The van der Waals surface area contributed by atoms with Gasteiger partial charge in [-0.25, -0.2) is 0 Å². The van der Waals surface area contributed by atoms with Crippen LogP contribution in [0.1, 0.15) is 32.6 Å². The molecule has 1 N–H and O–H groups in total. The van der Waals surface area contributed by atoms with Gasteiger partial charge in [0.15, 0.2) is 6.29 Å². The number of allylic oxidation sites excluding steroid dienone is 2. The Labute approximate surface area is 196 Å². The predicted octanol–water partition coefficient (Wildman–Crippen LogP) is 4.32. The van der Waals surface area contributed by atoms with Crippen LogP contribution in [0, 0.1) is 23.2 Å². The molecular weight excluding hydrogens is 414 g/mol. The third-order valence-electron chi connectivity index (χ3n) is 7.22. The molecular formula is C27H33N3O3. The molecule has 33 heavy (non-hydrogen) atoms. The number of anilines is 1. The summed E-state index contributed by atoms with van der Waals surface area (Å²) in [5.41, 5.74) is 4.77. The van der Waals surface area contributed by atoms with E-state index in [1.807, 2.05) is 12.3 Å². The van der Waals surface area contributed by atoms with Gasteiger partial charge in [0.2, 0.25) is 0 Å². The molecule has 3 aliphatic heterocycles. The highest BCUT2D eigenvalue weighted by molar-refractivity contribution is 5.52. The molecule has 1 aromatic rings.